The van der Waals surface area contributed by atoms with Crippen molar-refractivity contribution in [2.24, 2.45) is 0 Å². The van der Waals surface area contributed by atoms with E-state index in [4.69, 9.17) is 0 Å². The SMILES string of the molecule is CNC1(C2CCCN2)CC1. The maximum absolute atomic E-state index is 3.55. The highest BCUT2D eigenvalue weighted by atomic mass is 15.1. The predicted octanol–water partition coefficient (Wildman–Crippen LogP) is 0.490. The van der Waals surface area contributed by atoms with E-state index in [1.165, 1.54) is 32.2 Å². The van der Waals surface area contributed by atoms with Crippen LogP contribution in [0.15, 0.2) is 0 Å². The molecule has 1 aliphatic heterocycles. The maximum Gasteiger partial charge on any atom is 0.0333 e. The van der Waals surface area contributed by atoms with Crippen LogP contribution in [0.4, 0.5) is 0 Å². The van der Waals surface area contributed by atoms with Crippen LogP contribution in [0.3, 0.4) is 0 Å². The zero-order chi connectivity index (χ0) is 7.03. The zero-order valence-electron chi connectivity index (χ0n) is 6.61. The van der Waals surface area contributed by atoms with E-state index in [1.54, 1.807) is 0 Å². The summed E-state index contributed by atoms with van der Waals surface area (Å²) in [5, 5.41) is 6.98. The molecule has 1 saturated carbocycles. The highest BCUT2D eigenvalue weighted by molar-refractivity contribution is 5.10. The largest absolute Gasteiger partial charge is 0.313 e. The Morgan fingerprint density at radius 1 is 1.50 bits per heavy atom. The van der Waals surface area contributed by atoms with Crippen LogP contribution in [0.2, 0.25) is 0 Å². The number of hydrogen-bond acceptors (Lipinski definition) is 2. The molecule has 0 aromatic rings. The van der Waals surface area contributed by atoms with Crippen LogP contribution in [-0.2, 0) is 0 Å². The Bertz CT molecular complexity index is 123. The van der Waals surface area contributed by atoms with E-state index in [-0.39, 0.29) is 0 Å². The number of hydrogen-bond donors (Lipinski definition) is 2. The van der Waals surface area contributed by atoms with E-state index >= 15 is 0 Å². The van der Waals surface area contributed by atoms with Crippen LogP contribution in [0, 0.1) is 0 Å². The fourth-order valence-electron chi connectivity index (χ4n) is 2.06. The molecule has 0 bridgehead atoms. The molecule has 1 unspecified atom stereocenters. The molecule has 1 aliphatic carbocycles. The van der Waals surface area contributed by atoms with Crippen molar-refractivity contribution in [2.75, 3.05) is 13.6 Å². The summed E-state index contributed by atoms with van der Waals surface area (Å²) in [6, 6.07) is 0.775. The molecular weight excluding hydrogens is 124 g/mol. The second-order valence-corrected chi connectivity index (χ2v) is 3.56. The third-order valence-electron chi connectivity index (χ3n) is 3.01. The number of rotatable bonds is 2. The summed E-state index contributed by atoms with van der Waals surface area (Å²) >= 11 is 0. The van der Waals surface area contributed by atoms with Gasteiger partial charge in [0, 0.05) is 11.6 Å². The predicted molar refractivity (Wildman–Crippen MR) is 42.0 cm³/mol. The van der Waals surface area contributed by atoms with E-state index in [9.17, 15) is 0 Å². The van der Waals surface area contributed by atoms with Gasteiger partial charge in [0.25, 0.3) is 0 Å². The van der Waals surface area contributed by atoms with Gasteiger partial charge in [-0.2, -0.15) is 0 Å². The first kappa shape index (κ1) is 6.62. The number of nitrogens with one attached hydrogen (secondary N) is 2. The maximum atomic E-state index is 3.55. The van der Waals surface area contributed by atoms with E-state index in [2.05, 4.69) is 17.7 Å². The summed E-state index contributed by atoms with van der Waals surface area (Å²) < 4.78 is 0. The molecule has 1 atom stereocenters. The average molecular weight is 140 g/mol. The molecule has 2 aliphatic rings. The summed E-state index contributed by atoms with van der Waals surface area (Å²) in [7, 11) is 2.09. The summed E-state index contributed by atoms with van der Waals surface area (Å²) in [5.41, 5.74) is 0.510. The number of likely N-dealkylation sites (N-methyl/N-ethyl adjacent to an activating group) is 1. The fourth-order valence-corrected chi connectivity index (χ4v) is 2.06. The lowest BCUT2D eigenvalue weighted by Gasteiger charge is -2.21. The van der Waals surface area contributed by atoms with Crippen LogP contribution in [0.1, 0.15) is 25.7 Å². The molecule has 0 amide bonds. The molecule has 1 saturated heterocycles. The standard InChI is InChI=1S/C8H16N2/c1-9-8(4-5-8)7-3-2-6-10-7/h7,9-10H,2-6H2,1H3. The van der Waals surface area contributed by atoms with Gasteiger partial charge in [-0.05, 0) is 39.3 Å². The van der Waals surface area contributed by atoms with Crippen molar-refractivity contribution in [2.45, 2.75) is 37.3 Å². The van der Waals surface area contributed by atoms with Gasteiger partial charge in [0.05, 0.1) is 0 Å². The minimum atomic E-state index is 0.510. The first-order chi connectivity index (χ1) is 4.87. The Morgan fingerprint density at radius 2 is 2.30 bits per heavy atom. The van der Waals surface area contributed by atoms with Gasteiger partial charge in [0.15, 0.2) is 0 Å². The molecule has 0 spiro atoms. The van der Waals surface area contributed by atoms with Crippen molar-refractivity contribution >= 4 is 0 Å². The van der Waals surface area contributed by atoms with Crippen molar-refractivity contribution in [1.29, 1.82) is 0 Å². The quantitative estimate of drug-likeness (QED) is 0.583. The third kappa shape index (κ3) is 0.867. The molecular formula is C8H16N2. The lowest BCUT2D eigenvalue weighted by molar-refractivity contribution is 0.409. The lowest BCUT2D eigenvalue weighted by atomic mass is 10.1. The van der Waals surface area contributed by atoms with Gasteiger partial charge in [-0.1, -0.05) is 0 Å². The van der Waals surface area contributed by atoms with Gasteiger partial charge < -0.3 is 10.6 Å². The minimum Gasteiger partial charge on any atom is -0.313 e. The van der Waals surface area contributed by atoms with Crippen LogP contribution in [0.25, 0.3) is 0 Å². The molecule has 2 heteroatoms. The van der Waals surface area contributed by atoms with Gasteiger partial charge in [0.2, 0.25) is 0 Å². The minimum absolute atomic E-state index is 0.510. The van der Waals surface area contributed by atoms with E-state index in [0.29, 0.717) is 5.54 Å². The molecule has 0 aromatic heterocycles. The Morgan fingerprint density at radius 3 is 2.70 bits per heavy atom. The molecule has 10 heavy (non-hydrogen) atoms. The molecule has 0 aromatic carbocycles. The molecule has 2 nitrogen and oxygen atoms in total. The topological polar surface area (TPSA) is 24.1 Å². The molecule has 0 radical (unpaired) electrons. The second-order valence-electron chi connectivity index (χ2n) is 3.56. The first-order valence-electron chi connectivity index (χ1n) is 4.30. The van der Waals surface area contributed by atoms with Gasteiger partial charge in [-0.3, -0.25) is 0 Å². The summed E-state index contributed by atoms with van der Waals surface area (Å²) in [5.74, 6) is 0. The highest BCUT2D eigenvalue weighted by Gasteiger charge is 2.48. The molecule has 2 fully saturated rings. The highest BCUT2D eigenvalue weighted by Crippen LogP contribution is 2.40. The van der Waals surface area contributed by atoms with Crippen LogP contribution >= 0.6 is 0 Å². The zero-order valence-corrected chi connectivity index (χ0v) is 6.61. The lowest BCUT2D eigenvalue weighted by Crippen LogP contribution is -2.45. The van der Waals surface area contributed by atoms with Gasteiger partial charge in [0.1, 0.15) is 0 Å². The van der Waals surface area contributed by atoms with Crippen molar-refractivity contribution in [3.05, 3.63) is 0 Å². The van der Waals surface area contributed by atoms with Crippen molar-refractivity contribution in [3.63, 3.8) is 0 Å². The van der Waals surface area contributed by atoms with Gasteiger partial charge >= 0.3 is 0 Å². The Hall–Kier alpha value is -0.0800. The fraction of sp³-hybridized carbons (Fsp3) is 1.00. The average Bonchev–Trinajstić information content (AvgIpc) is 2.58. The van der Waals surface area contributed by atoms with E-state index < -0.39 is 0 Å². The van der Waals surface area contributed by atoms with Crippen LogP contribution in [-0.4, -0.2) is 25.2 Å². The Balaban J connectivity index is 1.96. The van der Waals surface area contributed by atoms with Gasteiger partial charge in [-0.15, -0.1) is 0 Å². The van der Waals surface area contributed by atoms with Crippen LogP contribution < -0.4 is 10.6 Å². The third-order valence-corrected chi connectivity index (χ3v) is 3.01. The molecule has 1 heterocycles. The van der Waals surface area contributed by atoms with Gasteiger partial charge in [-0.25, -0.2) is 0 Å². The normalized spacial score (nSPS) is 36.3. The van der Waals surface area contributed by atoms with E-state index in [0.717, 1.165) is 6.04 Å². The van der Waals surface area contributed by atoms with E-state index in [1.807, 2.05) is 0 Å². The summed E-state index contributed by atoms with van der Waals surface area (Å²) in [6.45, 7) is 1.23. The molecule has 58 valence electrons. The molecule has 2 rings (SSSR count). The summed E-state index contributed by atoms with van der Waals surface area (Å²) in [6.07, 6.45) is 5.50. The Labute approximate surface area is 62.4 Å². The summed E-state index contributed by atoms with van der Waals surface area (Å²) in [4.78, 5) is 0. The monoisotopic (exact) mass is 140 g/mol. The van der Waals surface area contributed by atoms with Crippen molar-refractivity contribution < 1.29 is 0 Å². The second kappa shape index (κ2) is 2.21. The Kier molecular flexibility index (Phi) is 1.46. The van der Waals surface area contributed by atoms with Crippen LogP contribution in [0.5, 0.6) is 0 Å². The molecule has 2 N–H and O–H groups in total. The van der Waals surface area contributed by atoms with Crippen molar-refractivity contribution in [3.8, 4) is 0 Å². The first-order valence-corrected chi connectivity index (χ1v) is 4.30. The van der Waals surface area contributed by atoms with Crippen molar-refractivity contribution in [1.82, 2.24) is 10.6 Å². The smallest absolute Gasteiger partial charge is 0.0333 e.